The first-order chi connectivity index (χ1) is 15.5. The molecule has 6 nitrogen and oxygen atoms in total. The van der Waals surface area contributed by atoms with Crippen molar-refractivity contribution in [2.24, 2.45) is 0 Å². The Kier molecular flexibility index (Phi) is 4.70. The summed E-state index contributed by atoms with van der Waals surface area (Å²) in [6.45, 7) is 0. The van der Waals surface area contributed by atoms with Gasteiger partial charge in [0, 0.05) is 17.3 Å². The Morgan fingerprint density at radius 2 is 1.69 bits per heavy atom. The molecule has 0 bridgehead atoms. The van der Waals surface area contributed by atoms with Gasteiger partial charge in [-0.15, -0.1) is 0 Å². The van der Waals surface area contributed by atoms with Crippen LogP contribution >= 0.6 is 0 Å². The Hall–Kier alpha value is -4.06. The van der Waals surface area contributed by atoms with Crippen molar-refractivity contribution in [2.75, 3.05) is 5.73 Å². The Morgan fingerprint density at radius 1 is 0.969 bits per heavy atom. The zero-order valence-electron chi connectivity index (χ0n) is 17.3. The van der Waals surface area contributed by atoms with Crippen molar-refractivity contribution in [2.45, 2.75) is 24.8 Å². The normalized spacial score (nSPS) is 14.6. The summed E-state index contributed by atoms with van der Waals surface area (Å²) in [4.78, 5) is 24.8. The number of rotatable bonds is 4. The van der Waals surface area contributed by atoms with Gasteiger partial charge in [-0.1, -0.05) is 54.6 Å². The summed E-state index contributed by atoms with van der Waals surface area (Å²) in [5.74, 6) is 0.475. The van der Waals surface area contributed by atoms with Crippen LogP contribution in [0.5, 0.6) is 0 Å². The minimum Gasteiger partial charge on any atom is -0.465 e. The lowest BCUT2D eigenvalue weighted by Gasteiger charge is -2.42. The number of nitrogens with two attached hydrogens (primary N) is 1. The molecular formula is C26H22N2O4. The second-order valence-electron chi connectivity index (χ2n) is 8.20. The molecule has 1 heterocycles. The van der Waals surface area contributed by atoms with Crippen molar-refractivity contribution >= 4 is 22.7 Å². The van der Waals surface area contributed by atoms with Gasteiger partial charge in [0.1, 0.15) is 11.3 Å². The first kappa shape index (κ1) is 19.9. The molecule has 4 aromatic rings. The van der Waals surface area contributed by atoms with E-state index in [4.69, 9.17) is 10.2 Å². The molecule has 4 N–H and O–H groups in total. The third-order valence-corrected chi connectivity index (χ3v) is 6.23. The molecule has 0 unspecified atom stereocenters. The maximum absolute atomic E-state index is 13.5. The molecule has 1 fully saturated rings. The summed E-state index contributed by atoms with van der Waals surface area (Å²) in [6.07, 6.45) is 1.45. The summed E-state index contributed by atoms with van der Waals surface area (Å²) < 4.78 is 6.21. The van der Waals surface area contributed by atoms with Gasteiger partial charge in [0.05, 0.1) is 16.5 Å². The van der Waals surface area contributed by atoms with E-state index in [0.717, 1.165) is 30.4 Å². The summed E-state index contributed by atoms with van der Waals surface area (Å²) >= 11 is 0. The Bertz CT molecular complexity index is 1370. The van der Waals surface area contributed by atoms with Crippen LogP contribution in [0, 0.1) is 0 Å². The smallest absolute Gasteiger partial charge is 0.405 e. The van der Waals surface area contributed by atoms with Crippen molar-refractivity contribution in [1.29, 1.82) is 0 Å². The fourth-order valence-corrected chi connectivity index (χ4v) is 4.44. The van der Waals surface area contributed by atoms with E-state index in [1.807, 2.05) is 54.6 Å². The lowest BCUT2D eigenvalue weighted by Crippen LogP contribution is -2.50. The number of nitrogens with one attached hydrogen (secondary N) is 1. The fraction of sp³-hybridized carbons (Fsp3) is 0.154. The quantitative estimate of drug-likeness (QED) is 0.381. The summed E-state index contributed by atoms with van der Waals surface area (Å²) in [5, 5.41) is 12.4. The maximum Gasteiger partial charge on any atom is 0.405 e. The van der Waals surface area contributed by atoms with Gasteiger partial charge in [0.15, 0.2) is 0 Å². The lowest BCUT2D eigenvalue weighted by atomic mass is 9.71. The first-order valence-electron chi connectivity index (χ1n) is 10.5. The second kappa shape index (κ2) is 7.57. The summed E-state index contributed by atoms with van der Waals surface area (Å²) in [7, 11) is 0. The zero-order chi connectivity index (χ0) is 22.3. The number of carboxylic acid groups (broad SMARTS) is 1. The highest BCUT2D eigenvalue weighted by Crippen LogP contribution is 2.42. The predicted molar refractivity (Wildman–Crippen MR) is 124 cm³/mol. The molecule has 1 aliphatic carbocycles. The third kappa shape index (κ3) is 3.30. The lowest BCUT2D eigenvalue weighted by molar-refractivity contribution is 0.144. The van der Waals surface area contributed by atoms with Crippen LogP contribution in [0.2, 0.25) is 0 Å². The van der Waals surface area contributed by atoms with Gasteiger partial charge in [0.2, 0.25) is 5.43 Å². The van der Waals surface area contributed by atoms with Crippen LogP contribution in [0.3, 0.4) is 0 Å². The third-order valence-electron chi connectivity index (χ3n) is 6.23. The molecule has 1 saturated carbocycles. The Balaban J connectivity index is 1.68. The molecule has 32 heavy (non-hydrogen) atoms. The highest BCUT2D eigenvalue weighted by atomic mass is 16.4. The van der Waals surface area contributed by atoms with Crippen molar-refractivity contribution in [1.82, 2.24) is 5.32 Å². The van der Waals surface area contributed by atoms with Crippen LogP contribution < -0.4 is 16.5 Å². The van der Waals surface area contributed by atoms with Crippen LogP contribution in [0.1, 0.15) is 24.8 Å². The molecule has 0 atom stereocenters. The van der Waals surface area contributed by atoms with E-state index in [1.54, 1.807) is 18.2 Å². The van der Waals surface area contributed by atoms with E-state index in [9.17, 15) is 14.7 Å². The average molecular weight is 426 g/mol. The fourth-order valence-electron chi connectivity index (χ4n) is 4.44. The topological polar surface area (TPSA) is 106 Å². The van der Waals surface area contributed by atoms with Crippen LogP contribution in [0.15, 0.2) is 82.0 Å². The number of amides is 1. The monoisotopic (exact) mass is 426 g/mol. The van der Waals surface area contributed by atoms with Gasteiger partial charge in [-0.25, -0.2) is 4.79 Å². The van der Waals surface area contributed by atoms with E-state index in [1.165, 1.54) is 0 Å². The number of anilines is 1. The van der Waals surface area contributed by atoms with E-state index in [-0.39, 0.29) is 5.43 Å². The molecule has 0 radical (unpaired) electrons. The maximum atomic E-state index is 13.5. The molecule has 0 saturated heterocycles. The largest absolute Gasteiger partial charge is 0.465 e. The van der Waals surface area contributed by atoms with Gasteiger partial charge in [0.25, 0.3) is 0 Å². The van der Waals surface area contributed by atoms with Crippen molar-refractivity contribution in [3.8, 4) is 22.5 Å². The number of carbonyl (C=O) groups is 1. The number of hydrogen-bond donors (Lipinski definition) is 3. The van der Waals surface area contributed by atoms with E-state index in [2.05, 4.69) is 5.32 Å². The highest BCUT2D eigenvalue weighted by Gasteiger charge is 2.40. The molecule has 3 aromatic carbocycles. The molecule has 160 valence electrons. The number of nitrogen functional groups attached to an aromatic ring is 1. The van der Waals surface area contributed by atoms with Crippen molar-refractivity contribution in [3.05, 3.63) is 88.6 Å². The van der Waals surface area contributed by atoms with Gasteiger partial charge in [-0.3, -0.25) is 4.79 Å². The van der Waals surface area contributed by atoms with Gasteiger partial charge in [-0.2, -0.15) is 0 Å². The predicted octanol–water partition coefficient (Wildman–Crippen LogP) is 5.36. The highest BCUT2D eigenvalue weighted by molar-refractivity contribution is 5.90. The minimum atomic E-state index is -1.03. The van der Waals surface area contributed by atoms with Crippen LogP contribution in [0.25, 0.3) is 33.4 Å². The van der Waals surface area contributed by atoms with Gasteiger partial charge in [-0.05, 0) is 42.5 Å². The van der Waals surface area contributed by atoms with Crippen LogP contribution in [-0.4, -0.2) is 11.2 Å². The van der Waals surface area contributed by atoms with E-state index >= 15 is 0 Å². The number of fused-ring (bicyclic) bond motifs is 1. The molecule has 1 amide bonds. The van der Waals surface area contributed by atoms with Crippen LogP contribution in [-0.2, 0) is 5.54 Å². The van der Waals surface area contributed by atoms with Crippen LogP contribution in [0.4, 0.5) is 10.5 Å². The van der Waals surface area contributed by atoms with Crippen molar-refractivity contribution < 1.29 is 14.3 Å². The SMILES string of the molecule is Nc1ccc2c(=O)c(-c3ccc(C4(NC(=O)O)CCC4)cc3)c(-c3ccccc3)oc2c1. The van der Waals surface area contributed by atoms with Gasteiger partial charge >= 0.3 is 6.09 Å². The Morgan fingerprint density at radius 3 is 2.31 bits per heavy atom. The summed E-state index contributed by atoms with van der Waals surface area (Å²) in [5.41, 5.74) is 9.04. The average Bonchev–Trinajstić information content (AvgIpc) is 2.77. The second-order valence-corrected chi connectivity index (χ2v) is 8.20. The molecule has 0 aliphatic heterocycles. The Labute approximate surface area is 184 Å². The zero-order valence-corrected chi connectivity index (χ0v) is 17.3. The number of hydrogen-bond acceptors (Lipinski definition) is 4. The van der Waals surface area contributed by atoms with Gasteiger partial charge < -0.3 is 20.6 Å². The molecule has 1 aromatic heterocycles. The molecule has 1 aliphatic rings. The summed E-state index contributed by atoms with van der Waals surface area (Å²) in [6, 6.07) is 22.0. The minimum absolute atomic E-state index is 0.139. The van der Waals surface area contributed by atoms with Crippen molar-refractivity contribution in [3.63, 3.8) is 0 Å². The molecule has 0 spiro atoms. The molecule has 6 heteroatoms. The first-order valence-corrected chi connectivity index (χ1v) is 10.5. The standard InChI is InChI=1S/C26H22N2O4/c27-19-11-12-20-21(15-19)32-24(17-5-2-1-3-6-17)22(23(20)29)16-7-9-18(10-8-16)26(13-4-14-26)28-25(30)31/h1-3,5-12,15,28H,4,13-14,27H2,(H,30,31). The molecule has 5 rings (SSSR count). The van der Waals surface area contributed by atoms with E-state index in [0.29, 0.717) is 33.5 Å². The van der Waals surface area contributed by atoms with E-state index < -0.39 is 11.6 Å². The number of benzene rings is 3. The molecular weight excluding hydrogens is 404 g/mol.